The molecule has 0 saturated carbocycles. The number of nitriles is 1. The summed E-state index contributed by atoms with van der Waals surface area (Å²) in [5.74, 6) is 1.20. The van der Waals surface area contributed by atoms with Gasteiger partial charge in [0.2, 0.25) is 0 Å². The van der Waals surface area contributed by atoms with E-state index < -0.39 is 24.0 Å². The summed E-state index contributed by atoms with van der Waals surface area (Å²) in [6, 6.07) is 20.1. The Morgan fingerprint density at radius 3 is 2.19 bits per heavy atom. The molecule has 1 aliphatic heterocycles. The Labute approximate surface area is 317 Å². The summed E-state index contributed by atoms with van der Waals surface area (Å²) in [5, 5.41) is 19.1. The van der Waals surface area contributed by atoms with Crippen molar-refractivity contribution < 1.29 is 28.2 Å². The largest absolute Gasteiger partial charge is 0.497 e. The van der Waals surface area contributed by atoms with E-state index >= 15 is 8.78 Å². The molecule has 268 valence electrons. The first kappa shape index (κ1) is 36.8. The molecule has 15 heteroatoms. The Kier molecular flexibility index (Phi) is 11.1. The topological polar surface area (TPSA) is 128 Å². The quantitative estimate of drug-likeness (QED) is 0.110. The fourth-order valence-corrected chi connectivity index (χ4v) is 7.11. The Morgan fingerprint density at radius 2 is 1.63 bits per heavy atom. The van der Waals surface area contributed by atoms with E-state index in [9.17, 15) is 15.2 Å². The molecule has 11 nitrogen and oxygen atoms in total. The van der Waals surface area contributed by atoms with Gasteiger partial charge < -0.3 is 29.3 Å². The maximum Gasteiger partial charge on any atom is 0.407 e. The summed E-state index contributed by atoms with van der Waals surface area (Å²) >= 11 is 9.00. The second kappa shape index (κ2) is 15.7. The number of anilines is 2. The molecule has 2 aromatic heterocycles. The Balaban J connectivity index is 1.44. The highest BCUT2D eigenvalue weighted by Crippen LogP contribution is 2.41. The molecule has 52 heavy (non-hydrogen) atoms. The summed E-state index contributed by atoms with van der Waals surface area (Å²) < 4.78 is 43.2. The molecular weight excluding hydrogens is 807 g/mol. The van der Waals surface area contributed by atoms with E-state index in [2.05, 4.69) is 37.5 Å². The second-order valence-electron chi connectivity index (χ2n) is 12.2. The molecule has 3 heterocycles. The van der Waals surface area contributed by atoms with Crippen molar-refractivity contribution >= 4 is 62.8 Å². The molecule has 1 amide bonds. The van der Waals surface area contributed by atoms with Gasteiger partial charge in [0, 0.05) is 41.7 Å². The van der Waals surface area contributed by atoms with Gasteiger partial charge in [-0.05, 0) is 82.6 Å². The number of ether oxygens (including phenoxy) is 2. The van der Waals surface area contributed by atoms with E-state index in [-0.39, 0.29) is 59.1 Å². The summed E-state index contributed by atoms with van der Waals surface area (Å²) in [4.78, 5) is 29.5. The number of hydrogen-bond acceptors (Lipinski definition) is 9. The van der Waals surface area contributed by atoms with Crippen molar-refractivity contribution in [2.45, 2.75) is 32.5 Å². The van der Waals surface area contributed by atoms with Crippen LogP contribution in [-0.2, 0) is 13.1 Å². The molecule has 0 spiro atoms. The van der Waals surface area contributed by atoms with Crippen molar-refractivity contribution in [1.82, 2.24) is 19.9 Å². The molecule has 1 atom stereocenters. The van der Waals surface area contributed by atoms with Crippen LogP contribution < -0.4 is 19.3 Å². The van der Waals surface area contributed by atoms with Crippen molar-refractivity contribution in [3.63, 3.8) is 0 Å². The minimum absolute atomic E-state index is 0.0121. The van der Waals surface area contributed by atoms with Gasteiger partial charge in [-0.3, -0.25) is 0 Å². The van der Waals surface area contributed by atoms with Crippen molar-refractivity contribution in [1.29, 1.82) is 5.26 Å². The number of methoxy groups -OCH3 is 2. The van der Waals surface area contributed by atoms with Crippen LogP contribution in [0.5, 0.6) is 11.5 Å². The molecule has 5 aromatic rings. The molecule has 1 N–H and O–H groups in total. The molecule has 0 unspecified atom stereocenters. The zero-order valence-electron chi connectivity index (χ0n) is 28.4. The average Bonchev–Trinajstić information content (AvgIpc) is 3.13. The van der Waals surface area contributed by atoms with Crippen LogP contribution in [-0.4, -0.2) is 70.9 Å². The van der Waals surface area contributed by atoms with Gasteiger partial charge in [-0.1, -0.05) is 35.9 Å². The monoisotopic (exact) mass is 839 g/mol. The number of hydrogen-bond donors (Lipinski definition) is 1. The standard InChI is InChI=1S/C37H33ClF2IN7O4/c1-21-16-29(47(18-22-4-8-25(51-2)9-5-22)19-23-6-10-26(52-3)11-7-23)43-34(32(21)41)30-28(38)17-27-33(31(30)39)44-36(40)45-35(27)46-14-15-48(37(49)50)24(20-46)12-13-42/h4-11,16-17,24H,12,14-15,18-20H2,1-3H3,(H,49,50)/t24-/m0/s1. The third kappa shape index (κ3) is 7.61. The second-order valence-corrected chi connectivity index (χ2v) is 13.7. The lowest BCUT2D eigenvalue weighted by atomic mass is 10.0. The minimum atomic E-state index is -1.16. The maximum atomic E-state index is 16.8. The maximum absolute atomic E-state index is 16.8. The van der Waals surface area contributed by atoms with Gasteiger partial charge in [-0.15, -0.1) is 0 Å². The van der Waals surface area contributed by atoms with E-state index in [1.807, 2.05) is 67.6 Å². The highest BCUT2D eigenvalue weighted by molar-refractivity contribution is 14.1. The number of rotatable bonds is 10. The average molecular weight is 840 g/mol. The van der Waals surface area contributed by atoms with Crippen molar-refractivity contribution in [3.8, 4) is 28.8 Å². The van der Waals surface area contributed by atoms with Gasteiger partial charge in [0.1, 0.15) is 28.7 Å². The number of fused-ring (bicyclic) bond motifs is 1. The van der Waals surface area contributed by atoms with Gasteiger partial charge in [0.05, 0.1) is 49.0 Å². The minimum Gasteiger partial charge on any atom is -0.497 e. The summed E-state index contributed by atoms with van der Waals surface area (Å²) in [6.07, 6.45) is -2.41. The molecular formula is C37H33ClF2IN7O4. The highest BCUT2D eigenvalue weighted by Gasteiger charge is 2.33. The van der Waals surface area contributed by atoms with Crippen LogP contribution in [0.15, 0.2) is 60.7 Å². The van der Waals surface area contributed by atoms with E-state index in [0.717, 1.165) is 28.2 Å². The van der Waals surface area contributed by atoms with E-state index in [4.69, 9.17) is 26.1 Å². The van der Waals surface area contributed by atoms with Gasteiger partial charge in [0.15, 0.2) is 5.82 Å². The number of piperazine rings is 1. The molecule has 1 fully saturated rings. The number of aromatic nitrogens is 3. The first-order valence-corrected chi connectivity index (χ1v) is 17.6. The number of aryl methyl sites for hydroxylation is 1. The van der Waals surface area contributed by atoms with Gasteiger partial charge in [-0.25, -0.2) is 14.2 Å². The zero-order chi connectivity index (χ0) is 37.1. The predicted octanol–water partition coefficient (Wildman–Crippen LogP) is 7.84. The number of halogens is 4. The van der Waals surface area contributed by atoms with Crippen molar-refractivity contribution in [2.75, 3.05) is 43.7 Å². The number of pyridine rings is 1. The van der Waals surface area contributed by atoms with E-state index in [0.29, 0.717) is 22.5 Å². The van der Waals surface area contributed by atoms with Crippen LogP contribution in [0.2, 0.25) is 5.02 Å². The SMILES string of the molecule is COc1ccc(CN(Cc2ccc(OC)cc2)c2cc(C)c(I)c(-c3c(Cl)cc4c(N5CCN(C(=O)O)[C@@H](CC#N)C5)nc(F)nc4c3F)n2)cc1. The highest BCUT2D eigenvalue weighted by atomic mass is 127. The Bertz CT molecular complexity index is 2120. The van der Waals surface area contributed by atoms with Crippen LogP contribution >= 0.6 is 34.2 Å². The van der Waals surface area contributed by atoms with Crippen molar-refractivity contribution in [3.05, 3.63) is 97.8 Å². The zero-order valence-corrected chi connectivity index (χ0v) is 31.3. The number of carboxylic acid groups (broad SMARTS) is 1. The van der Waals surface area contributed by atoms with Gasteiger partial charge in [-0.2, -0.15) is 19.6 Å². The Hall–Kier alpha value is -5.01. The lowest BCUT2D eigenvalue weighted by molar-refractivity contribution is 0.119. The van der Waals surface area contributed by atoms with E-state index in [1.54, 1.807) is 19.1 Å². The van der Waals surface area contributed by atoms with Crippen LogP contribution in [0.3, 0.4) is 0 Å². The fourth-order valence-electron chi connectivity index (χ4n) is 6.28. The normalized spacial score (nSPS) is 14.3. The lowest BCUT2D eigenvalue weighted by Crippen LogP contribution is -2.55. The van der Waals surface area contributed by atoms with Gasteiger partial charge in [0.25, 0.3) is 0 Å². The molecule has 1 saturated heterocycles. The molecule has 0 radical (unpaired) electrons. The smallest absolute Gasteiger partial charge is 0.407 e. The molecule has 0 bridgehead atoms. The van der Waals surface area contributed by atoms with Crippen LogP contribution in [0.4, 0.5) is 25.2 Å². The predicted molar refractivity (Wildman–Crippen MR) is 202 cm³/mol. The molecule has 6 rings (SSSR count). The molecule has 1 aliphatic rings. The number of nitrogens with zero attached hydrogens (tertiary/aromatic N) is 7. The third-order valence-electron chi connectivity index (χ3n) is 8.94. The van der Waals surface area contributed by atoms with Crippen LogP contribution in [0.1, 0.15) is 23.1 Å². The lowest BCUT2D eigenvalue weighted by Gasteiger charge is -2.39. The first-order chi connectivity index (χ1) is 25.0. The molecule has 3 aromatic carbocycles. The summed E-state index contributed by atoms with van der Waals surface area (Å²) in [6.45, 7) is 3.04. The number of benzene rings is 3. The number of carbonyl (C=O) groups is 1. The summed E-state index contributed by atoms with van der Waals surface area (Å²) in [5.41, 5.74) is 2.72. The third-order valence-corrected chi connectivity index (χ3v) is 10.6. The van der Waals surface area contributed by atoms with Crippen LogP contribution in [0.25, 0.3) is 22.2 Å². The van der Waals surface area contributed by atoms with E-state index in [1.165, 1.54) is 11.0 Å². The van der Waals surface area contributed by atoms with Crippen molar-refractivity contribution in [2.24, 2.45) is 0 Å². The molecule has 0 aliphatic carbocycles. The Morgan fingerprint density at radius 1 is 1.02 bits per heavy atom. The summed E-state index contributed by atoms with van der Waals surface area (Å²) in [7, 11) is 3.22. The van der Waals surface area contributed by atoms with Gasteiger partial charge >= 0.3 is 12.2 Å². The number of amides is 1. The van der Waals surface area contributed by atoms with Crippen LogP contribution in [0, 0.1) is 33.7 Å². The first-order valence-electron chi connectivity index (χ1n) is 16.2. The fraction of sp³-hybridized carbons (Fsp3) is 0.270.